The minimum absolute atomic E-state index is 0.781. The van der Waals surface area contributed by atoms with Gasteiger partial charge in [0.05, 0.1) is 11.9 Å². The van der Waals surface area contributed by atoms with Crippen molar-refractivity contribution in [3.63, 3.8) is 0 Å². The smallest absolute Gasteiger partial charge is 0.154 e. The van der Waals surface area contributed by atoms with Crippen LogP contribution in [0.3, 0.4) is 0 Å². The van der Waals surface area contributed by atoms with E-state index in [-0.39, 0.29) is 0 Å². The van der Waals surface area contributed by atoms with Crippen LogP contribution in [-0.4, -0.2) is 14.6 Å². The molecule has 0 bridgehead atoms. The summed E-state index contributed by atoms with van der Waals surface area (Å²) in [6.45, 7) is 0. The highest BCUT2D eigenvalue weighted by Crippen LogP contribution is 2.29. The van der Waals surface area contributed by atoms with E-state index in [4.69, 9.17) is 5.10 Å². The van der Waals surface area contributed by atoms with Crippen molar-refractivity contribution in [2.45, 2.75) is 0 Å². The van der Waals surface area contributed by atoms with E-state index >= 15 is 0 Å². The highest BCUT2D eigenvalue weighted by atomic mass is 15.3. The monoisotopic (exact) mass is 336 g/mol. The maximum Gasteiger partial charge on any atom is 0.154 e. The number of rotatable bonds is 3. The first-order valence-electron chi connectivity index (χ1n) is 8.53. The molecule has 4 heteroatoms. The first kappa shape index (κ1) is 14.7. The molecule has 0 aliphatic heterocycles. The molecule has 26 heavy (non-hydrogen) atoms. The third-order valence-corrected chi connectivity index (χ3v) is 4.47. The molecule has 0 amide bonds. The van der Waals surface area contributed by atoms with Gasteiger partial charge in [-0.2, -0.15) is 0 Å². The van der Waals surface area contributed by atoms with E-state index in [2.05, 4.69) is 52.8 Å². The van der Waals surface area contributed by atoms with Crippen LogP contribution in [0.25, 0.3) is 27.7 Å². The van der Waals surface area contributed by atoms with Crippen LogP contribution in [0.4, 0.5) is 11.5 Å². The molecule has 0 spiro atoms. The first-order valence-corrected chi connectivity index (χ1v) is 8.53. The van der Waals surface area contributed by atoms with Crippen molar-refractivity contribution in [3.05, 3.63) is 91.1 Å². The Balaban J connectivity index is 1.65. The standard InChI is InChI=1S/C22H16N4/c1-2-9-17(10-3-1)24-21-13-14-22-23-15-20(26(22)25-21)19-12-6-8-16-7-4-5-11-18(16)19/h1-15H,(H,24,25). The zero-order valence-electron chi connectivity index (χ0n) is 14.0. The first-order chi connectivity index (χ1) is 12.9. The lowest BCUT2D eigenvalue weighted by molar-refractivity contribution is 0.949. The van der Waals surface area contributed by atoms with Crippen LogP contribution in [0, 0.1) is 0 Å². The number of para-hydroxylation sites is 1. The van der Waals surface area contributed by atoms with Crippen molar-refractivity contribution in [2.75, 3.05) is 5.32 Å². The predicted molar refractivity (Wildman–Crippen MR) is 106 cm³/mol. The van der Waals surface area contributed by atoms with Gasteiger partial charge in [0.25, 0.3) is 0 Å². The lowest BCUT2D eigenvalue weighted by atomic mass is 10.0. The van der Waals surface area contributed by atoms with Gasteiger partial charge >= 0.3 is 0 Å². The van der Waals surface area contributed by atoms with Gasteiger partial charge in [0.2, 0.25) is 0 Å². The van der Waals surface area contributed by atoms with Gasteiger partial charge in [-0.1, -0.05) is 60.7 Å². The quantitative estimate of drug-likeness (QED) is 0.486. The van der Waals surface area contributed by atoms with E-state index in [1.165, 1.54) is 10.8 Å². The van der Waals surface area contributed by atoms with Gasteiger partial charge in [0.15, 0.2) is 11.5 Å². The van der Waals surface area contributed by atoms with Gasteiger partial charge in [-0.25, -0.2) is 9.50 Å². The second kappa shape index (κ2) is 6.01. The van der Waals surface area contributed by atoms with E-state index in [1.807, 2.05) is 53.2 Å². The van der Waals surface area contributed by atoms with Crippen LogP contribution in [0.1, 0.15) is 0 Å². The Morgan fingerprint density at radius 3 is 2.46 bits per heavy atom. The number of hydrogen-bond acceptors (Lipinski definition) is 3. The van der Waals surface area contributed by atoms with Crippen molar-refractivity contribution < 1.29 is 0 Å². The molecule has 0 unspecified atom stereocenters. The van der Waals surface area contributed by atoms with Crippen LogP contribution in [0.5, 0.6) is 0 Å². The van der Waals surface area contributed by atoms with E-state index < -0.39 is 0 Å². The molecule has 2 aromatic heterocycles. The van der Waals surface area contributed by atoms with Gasteiger partial charge in [-0.05, 0) is 35.0 Å². The molecule has 3 aromatic carbocycles. The molecule has 1 N–H and O–H groups in total. The predicted octanol–water partition coefficient (Wildman–Crippen LogP) is 5.29. The fraction of sp³-hybridized carbons (Fsp3) is 0. The number of hydrogen-bond donors (Lipinski definition) is 1. The molecule has 0 atom stereocenters. The van der Waals surface area contributed by atoms with Gasteiger partial charge in [-0.15, -0.1) is 5.10 Å². The summed E-state index contributed by atoms with van der Waals surface area (Å²) in [6.07, 6.45) is 1.89. The SMILES string of the molecule is c1ccc(Nc2ccc3ncc(-c4cccc5ccccc45)n3n2)cc1. The Labute approximate surface area is 150 Å². The Kier molecular flexibility index (Phi) is 3.39. The molecule has 5 rings (SSSR count). The van der Waals surface area contributed by atoms with Crippen LogP contribution >= 0.6 is 0 Å². The lowest BCUT2D eigenvalue weighted by Gasteiger charge is -2.08. The largest absolute Gasteiger partial charge is 0.339 e. The molecular weight excluding hydrogens is 320 g/mol. The van der Waals surface area contributed by atoms with E-state index in [0.717, 1.165) is 28.4 Å². The van der Waals surface area contributed by atoms with Gasteiger partial charge in [0, 0.05) is 11.3 Å². The van der Waals surface area contributed by atoms with Crippen LogP contribution in [-0.2, 0) is 0 Å². The zero-order valence-corrected chi connectivity index (χ0v) is 14.0. The molecule has 0 aliphatic carbocycles. The van der Waals surface area contributed by atoms with Crippen LogP contribution < -0.4 is 5.32 Å². The third-order valence-electron chi connectivity index (χ3n) is 4.47. The maximum atomic E-state index is 4.76. The second-order valence-electron chi connectivity index (χ2n) is 6.15. The number of nitrogens with zero attached hydrogens (tertiary/aromatic N) is 3. The molecular formula is C22H16N4. The molecule has 0 saturated carbocycles. The highest BCUT2D eigenvalue weighted by Gasteiger charge is 2.11. The van der Waals surface area contributed by atoms with E-state index in [1.54, 1.807) is 0 Å². The summed E-state index contributed by atoms with van der Waals surface area (Å²) >= 11 is 0. The average molecular weight is 336 g/mol. The number of fused-ring (bicyclic) bond motifs is 2. The summed E-state index contributed by atoms with van der Waals surface area (Å²) in [6, 6.07) is 28.6. The number of imidazole rings is 1. The summed E-state index contributed by atoms with van der Waals surface area (Å²) < 4.78 is 1.90. The minimum atomic E-state index is 0.781. The molecule has 0 saturated heterocycles. The third kappa shape index (κ3) is 2.48. The fourth-order valence-corrected chi connectivity index (χ4v) is 3.24. The fourth-order valence-electron chi connectivity index (χ4n) is 3.24. The van der Waals surface area contributed by atoms with Crippen molar-refractivity contribution >= 4 is 27.9 Å². The normalized spacial score (nSPS) is 11.1. The molecule has 2 heterocycles. The van der Waals surface area contributed by atoms with Crippen molar-refractivity contribution in [1.82, 2.24) is 14.6 Å². The summed E-state index contributed by atoms with van der Waals surface area (Å²) in [5, 5.41) is 10.5. The minimum Gasteiger partial charge on any atom is -0.339 e. The van der Waals surface area contributed by atoms with Crippen LogP contribution in [0.15, 0.2) is 91.1 Å². The molecule has 4 nitrogen and oxygen atoms in total. The number of aromatic nitrogens is 3. The summed E-state index contributed by atoms with van der Waals surface area (Å²) in [5.41, 5.74) is 3.94. The van der Waals surface area contributed by atoms with Crippen LogP contribution in [0.2, 0.25) is 0 Å². The summed E-state index contributed by atoms with van der Waals surface area (Å²) in [5.74, 6) is 0.781. The summed E-state index contributed by atoms with van der Waals surface area (Å²) in [7, 11) is 0. The second-order valence-corrected chi connectivity index (χ2v) is 6.15. The molecule has 124 valence electrons. The lowest BCUT2D eigenvalue weighted by Crippen LogP contribution is -2.00. The molecule has 0 fully saturated rings. The number of benzene rings is 3. The van der Waals surface area contributed by atoms with Gasteiger partial charge < -0.3 is 5.32 Å². The highest BCUT2D eigenvalue weighted by molar-refractivity contribution is 5.96. The maximum absolute atomic E-state index is 4.76. The molecule has 0 radical (unpaired) electrons. The van der Waals surface area contributed by atoms with Gasteiger partial charge in [0.1, 0.15) is 0 Å². The average Bonchev–Trinajstić information content (AvgIpc) is 3.11. The Morgan fingerprint density at radius 2 is 1.54 bits per heavy atom. The number of anilines is 2. The summed E-state index contributed by atoms with van der Waals surface area (Å²) in [4.78, 5) is 4.52. The molecule has 0 aliphatic rings. The van der Waals surface area contributed by atoms with Crippen molar-refractivity contribution in [3.8, 4) is 11.3 Å². The van der Waals surface area contributed by atoms with Crippen molar-refractivity contribution in [2.24, 2.45) is 0 Å². The Hall–Kier alpha value is -3.66. The van der Waals surface area contributed by atoms with Gasteiger partial charge in [-0.3, -0.25) is 0 Å². The molecule has 5 aromatic rings. The zero-order chi connectivity index (χ0) is 17.3. The van der Waals surface area contributed by atoms with Crippen molar-refractivity contribution in [1.29, 1.82) is 0 Å². The Morgan fingerprint density at radius 1 is 0.731 bits per heavy atom. The topological polar surface area (TPSA) is 42.2 Å². The van der Waals surface area contributed by atoms with E-state index in [0.29, 0.717) is 0 Å². The number of nitrogens with one attached hydrogen (secondary N) is 1. The Bertz CT molecular complexity index is 1200. The van der Waals surface area contributed by atoms with E-state index in [9.17, 15) is 0 Å².